The fourth-order valence-electron chi connectivity index (χ4n) is 1.47. The molecule has 0 saturated carbocycles. The highest BCUT2D eigenvalue weighted by molar-refractivity contribution is 7.92. The summed E-state index contributed by atoms with van der Waals surface area (Å²) >= 11 is 0. The Morgan fingerprint density at radius 2 is 2.16 bits per heavy atom. The first-order valence-corrected chi connectivity index (χ1v) is 6.65. The molecule has 8 nitrogen and oxygen atoms in total. The predicted octanol–water partition coefficient (Wildman–Crippen LogP) is 1.43. The molecule has 2 rings (SSSR count). The summed E-state index contributed by atoms with van der Waals surface area (Å²) in [6, 6.07) is 4.11. The number of nitro benzene ring substituents is 1. The standard InChI is InChI=1S/C10H10N4O4S/c1-7-2-3-8(4-10(7)14(15)16)13-19(17,18)9-5-11-12-6-9/h2-6,13H,1H3,(H,11,12). The molecule has 0 unspecified atom stereocenters. The molecule has 100 valence electrons. The molecule has 0 amide bonds. The maximum absolute atomic E-state index is 11.9. The van der Waals surface area contributed by atoms with Gasteiger partial charge >= 0.3 is 0 Å². The van der Waals surface area contributed by atoms with Crippen molar-refractivity contribution in [3.8, 4) is 0 Å². The third-order valence-electron chi connectivity index (χ3n) is 2.44. The molecule has 0 aliphatic carbocycles. The highest BCUT2D eigenvalue weighted by atomic mass is 32.2. The van der Waals surface area contributed by atoms with Crippen molar-refractivity contribution in [1.82, 2.24) is 10.2 Å². The molecule has 0 radical (unpaired) electrons. The van der Waals surface area contributed by atoms with Gasteiger partial charge in [-0.1, -0.05) is 6.07 Å². The van der Waals surface area contributed by atoms with Gasteiger partial charge in [0.2, 0.25) is 0 Å². The van der Waals surface area contributed by atoms with Gasteiger partial charge in [0.15, 0.2) is 0 Å². The molecule has 0 saturated heterocycles. The van der Waals surface area contributed by atoms with E-state index in [0.717, 1.165) is 6.20 Å². The van der Waals surface area contributed by atoms with Crippen molar-refractivity contribution in [3.05, 3.63) is 46.3 Å². The Bertz CT molecular complexity index is 709. The van der Waals surface area contributed by atoms with Gasteiger partial charge in [0.05, 0.1) is 16.8 Å². The number of sulfonamides is 1. The number of anilines is 1. The monoisotopic (exact) mass is 282 g/mol. The number of aryl methyl sites for hydroxylation is 1. The predicted molar refractivity (Wildman–Crippen MR) is 67.2 cm³/mol. The van der Waals surface area contributed by atoms with Gasteiger partial charge in [0, 0.05) is 17.8 Å². The van der Waals surface area contributed by atoms with E-state index in [-0.39, 0.29) is 16.3 Å². The van der Waals surface area contributed by atoms with E-state index in [0.29, 0.717) is 5.56 Å². The number of rotatable bonds is 4. The van der Waals surface area contributed by atoms with E-state index in [4.69, 9.17) is 0 Å². The summed E-state index contributed by atoms with van der Waals surface area (Å²) in [5.74, 6) is 0. The number of nitrogens with one attached hydrogen (secondary N) is 2. The Morgan fingerprint density at radius 1 is 1.42 bits per heavy atom. The van der Waals surface area contributed by atoms with Gasteiger partial charge in [-0.15, -0.1) is 0 Å². The molecule has 0 aliphatic heterocycles. The topological polar surface area (TPSA) is 118 Å². The van der Waals surface area contributed by atoms with E-state index in [1.165, 1.54) is 24.4 Å². The second kappa shape index (κ2) is 4.69. The Morgan fingerprint density at radius 3 is 2.74 bits per heavy atom. The van der Waals surface area contributed by atoms with Crippen molar-refractivity contribution in [1.29, 1.82) is 0 Å². The van der Waals surface area contributed by atoms with Gasteiger partial charge in [-0.2, -0.15) is 5.10 Å². The molecule has 19 heavy (non-hydrogen) atoms. The van der Waals surface area contributed by atoms with Crippen molar-refractivity contribution in [3.63, 3.8) is 0 Å². The summed E-state index contributed by atoms with van der Waals surface area (Å²) in [5, 5.41) is 16.7. The van der Waals surface area contributed by atoms with Gasteiger partial charge in [0.25, 0.3) is 15.7 Å². The fraction of sp³-hybridized carbons (Fsp3) is 0.100. The first kappa shape index (κ1) is 13.0. The Balaban J connectivity index is 2.35. The lowest BCUT2D eigenvalue weighted by Gasteiger charge is -2.06. The third kappa shape index (κ3) is 2.71. The van der Waals surface area contributed by atoms with Crippen molar-refractivity contribution >= 4 is 21.4 Å². The number of nitrogens with zero attached hydrogens (tertiary/aromatic N) is 2. The molecule has 0 spiro atoms. The average molecular weight is 282 g/mol. The van der Waals surface area contributed by atoms with Gasteiger partial charge in [-0.05, 0) is 13.0 Å². The minimum absolute atomic E-state index is 0.0456. The molecule has 0 atom stereocenters. The lowest BCUT2D eigenvalue weighted by Crippen LogP contribution is -2.12. The molecule has 2 aromatic rings. The van der Waals surface area contributed by atoms with Crippen LogP contribution in [0.5, 0.6) is 0 Å². The van der Waals surface area contributed by atoms with Crippen LogP contribution in [0.25, 0.3) is 0 Å². The van der Waals surface area contributed by atoms with Gasteiger partial charge in [0.1, 0.15) is 4.90 Å². The van der Waals surface area contributed by atoms with Gasteiger partial charge < -0.3 is 0 Å². The molecule has 0 fully saturated rings. The number of benzene rings is 1. The second-order valence-electron chi connectivity index (χ2n) is 3.80. The van der Waals surface area contributed by atoms with Crippen LogP contribution in [0.15, 0.2) is 35.5 Å². The van der Waals surface area contributed by atoms with Crippen LogP contribution in [0.1, 0.15) is 5.56 Å². The fourth-order valence-corrected chi connectivity index (χ4v) is 2.42. The zero-order chi connectivity index (χ0) is 14.0. The highest BCUT2D eigenvalue weighted by Crippen LogP contribution is 2.24. The molecule has 1 aromatic carbocycles. The molecular weight excluding hydrogens is 272 g/mol. The van der Waals surface area contributed by atoms with Crippen molar-refractivity contribution in [2.75, 3.05) is 4.72 Å². The smallest absolute Gasteiger partial charge is 0.274 e. The normalized spacial score (nSPS) is 11.2. The number of H-pyrrole nitrogens is 1. The lowest BCUT2D eigenvalue weighted by molar-refractivity contribution is -0.385. The number of aromatic nitrogens is 2. The Hall–Kier alpha value is -2.42. The molecule has 0 aliphatic rings. The summed E-state index contributed by atoms with van der Waals surface area (Å²) in [6.07, 6.45) is 2.36. The van der Waals surface area contributed by atoms with E-state index in [1.807, 2.05) is 0 Å². The minimum Gasteiger partial charge on any atom is -0.284 e. The van der Waals surface area contributed by atoms with Crippen LogP contribution in [-0.4, -0.2) is 23.5 Å². The quantitative estimate of drug-likeness (QED) is 0.649. The van der Waals surface area contributed by atoms with E-state index in [9.17, 15) is 18.5 Å². The van der Waals surface area contributed by atoms with Crippen LogP contribution in [0.2, 0.25) is 0 Å². The SMILES string of the molecule is Cc1ccc(NS(=O)(=O)c2cn[nH]c2)cc1[N+](=O)[O-]. The number of hydrogen-bond donors (Lipinski definition) is 2. The maximum Gasteiger partial charge on any atom is 0.274 e. The van der Waals surface area contributed by atoms with Gasteiger partial charge in [-0.25, -0.2) is 8.42 Å². The van der Waals surface area contributed by atoms with Crippen molar-refractivity contribution in [2.45, 2.75) is 11.8 Å². The number of nitro groups is 1. The largest absolute Gasteiger partial charge is 0.284 e. The maximum atomic E-state index is 11.9. The molecule has 0 bridgehead atoms. The molecule has 1 aromatic heterocycles. The zero-order valence-electron chi connectivity index (χ0n) is 9.82. The highest BCUT2D eigenvalue weighted by Gasteiger charge is 2.17. The van der Waals surface area contributed by atoms with Crippen molar-refractivity contribution in [2.24, 2.45) is 0 Å². The van der Waals surface area contributed by atoms with Crippen LogP contribution in [0.4, 0.5) is 11.4 Å². The summed E-state index contributed by atoms with van der Waals surface area (Å²) in [4.78, 5) is 10.2. The summed E-state index contributed by atoms with van der Waals surface area (Å²) in [5.41, 5.74) is 0.433. The summed E-state index contributed by atoms with van der Waals surface area (Å²) in [6.45, 7) is 1.58. The third-order valence-corrected chi connectivity index (χ3v) is 3.79. The first-order chi connectivity index (χ1) is 8.90. The van der Waals surface area contributed by atoms with Gasteiger partial charge in [-0.3, -0.25) is 19.9 Å². The molecule has 9 heteroatoms. The van der Waals surface area contributed by atoms with Crippen LogP contribution in [0.3, 0.4) is 0 Å². The van der Waals surface area contributed by atoms with Crippen LogP contribution < -0.4 is 4.72 Å². The Labute approximate surface area is 108 Å². The molecular formula is C10H10N4O4S. The Kier molecular flexibility index (Phi) is 3.21. The number of aromatic amines is 1. The average Bonchev–Trinajstić information content (AvgIpc) is 2.85. The zero-order valence-corrected chi connectivity index (χ0v) is 10.6. The lowest BCUT2D eigenvalue weighted by atomic mass is 10.2. The number of hydrogen-bond acceptors (Lipinski definition) is 5. The summed E-state index contributed by atoms with van der Waals surface area (Å²) in [7, 11) is -3.79. The van der Waals surface area contributed by atoms with Crippen LogP contribution in [-0.2, 0) is 10.0 Å². The van der Waals surface area contributed by atoms with E-state index < -0.39 is 14.9 Å². The summed E-state index contributed by atoms with van der Waals surface area (Å²) < 4.78 is 26.0. The van der Waals surface area contributed by atoms with Crippen molar-refractivity contribution < 1.29 is 13.3 Å². The van der Waals surface area contributed by atoms with Crippen LogP contribution >= 0.6 is 0 Å². The molecule has 2 N–H and O–H groups in total. The first-order valence-electron chi connectivity index (χ1n) is 5.17. The second-order valence-corrected chi connectivity index (χ2v) is 5.48. The van der Waals surface area contributed by atoms with Crippen LogP contribution in [0, 0.1) is 17.0 Å². The van der Waals surface area contributed by atoms with E-state index in [2.05, 4.69) is 14.9 Å². The van der Waals surface area contributed by atoms with E-state index >= 15 is 0 Å². The molecule has 1 heterocycles. The van der Waals surface area contributed by atoms with E-state index in [1.54, 1.807) is 6.92 Å². The minimum atomic E-state index is -3.79.